The zero-order chi connectivity index (χ0) is 22.4. The molecule has 0 amide bonds. The van der Waals surface area contributed by atoms with E-state index < -0.39 is 5.69 Å². The van der Waals surface area contributed by atoms with E-state index in [-0.39, 0.29) is 17.6 Å². The number of rotatable bonds is 9. The molecule has 0 aliphatic carbocycles. The minimum Gasteiger partial charge on any atom is -0.508 e. The van der Waals surface area contributed by atoms with Crippen LogP contribution in [-0.2, 0) is 0 Å². The quantitative estimate of drug-likeness (QED) is 0.439. The molecule has 0 saturated carbocycles. The van der Waals surface area contributed by atoms with E-state index in [4.69, 9.17) is 5.73 Å². The molecular formula is C25H29N3O3. The second-order valence-electron chi connectivity index (χ2n) is 7.93. The Hall–Kier alpha value is -3.25. The Kier molecular flexibility index (Phi) is 7.36. The number of nitrogens with zero attached hydrogens (tertiary/aromatic N) is 1. The Balaban J connectivity index is 1.76. The highest BCUT2D eigenvalue weighted by Crippen LogP contribution is 2.26. The SMILES string of the molecule is CCCCC(N)CCC(=O)c1ccc(-c2cc(-c3ccc(O)c(C)c3)nc(=O)[nH]2)cc1. The first-order valence-corrected chi connectivity index (χ1v) is 10.7. The molecule has 0 radical (unpaired) electrons. The fourth-order valence-electron chi connectivity index (χ4n) is 3.48. The van der Waals surface area contributed by atoms with Gasteiger partial charge in [-0.3, -0.25) is 4.79 Å². The van der Waals surface area contributed by atoms with Gasteiger partial charge in [0.25, 0.3) is 0 Å². The molecule has 1 unspecified atom stereocenters. The number of aromatic nitrogens is 2. The molecule has 2 aromatic carbocycles. The van der Waals surface area contributed by atoms with Gasteiger partial charge >= 0.3 is 5.69 Å². The first-order chi connectivity index (χ1) is 14.9. The van der Waals surface area contributed by atoms with Crippen LogP contribution in [0.15, 0.2) is 53.3 Å². The summed E-state index contributed by atoms with van der Waals surface area (Å²) in [5.74, 6) is 0.266. The maximum atomic E-state index is 12.5. The summed E-state index contributed by atoms with van der Waals surface area (Å²) in [6.07, 6.45) is 4.25. The van der Waals surface area contributed by atoms with Gasteiger partial charge in [-0.15, -0.1) is 0 Å². The van der Waals surface area contributed by atoms with Crippen LogP contribution in [0.25, 0.3) is 22.5 Å². The predicted molar refractivity (Wildman–Crippen MR) is 123 cm³/mol. The van der Waals surface area contributed by atoms with Crippen LogP contribution < -0.4 is 11.4 Å². The van der Waals surface area contributed by atoms with Crippen molar-refractivity contribution < 1.29 is 9.90 Å². The van der Waals surface area contributed by atoms with Gasteiger partial charge < -0.3 is 15.8 Å². The first-order valence-electron chi connectivity index (χ1n) is 10.7. The summed E-state index contributed by atoms with van der Waals surface area (Å²) in [6, 6.07) is 14.1. The highest BCUT2D eigenvalue weighted by molar-refractivity contribution is 5.96. The molecule has 0 bridgehead atoms. The number of ketones is 1. The Morgan fingerprint density at radius 1 is 1.10 bits per heavy atom. The maximum absolute atomic E-state index is 12.5. The van der Waals surface area contributed by atoms with Gasteiger partial charge in [-0.1, -0.05) is 44.0 Å². The summed E-state index contributed by atoms with van der Waals surface area (Å²) in [4.78, 5) is 31.4. The lowest BCUT2D eigenvalue weighted by atomic mass is 9.99. The van der Waals surface area contributed by atoms with Gasteiger partial charge in [-0.05, 0) is 55.2 Å². The third-order valence-electron chi connectivity index (χ3n) is 5.43. The molecule has 0 spiro atoms. The van der Waals surface area contributed by atoms with Gasteiger partial charge in [-0.25, -0.2) is 4.79 Å². The molecule has 6 heteroatoms. The number of aromatic hydroxyl groups is 1. The third kappa shape index (κ3) is 5.89. The van der Waals surface area contributed by atoms with E-state index in [9.17, 15) is 14.7 Å². The van der Waals surface area contributed by atoms with Crippen molar-refractivity contribution >= 4 is 5.78 Å². The summed E-state index contributed by atoms with van der Waals surface area (Å²) < 4.78 is 0. The van der Waals surface area contributed by atoms with E-state index in [0.29, 0.717) is 35.4 Å². The zero-order valence-electron chi connectivity index (χ0n) is 18.0. The van der Waals surface area contributed by atoms with Gasteiger partial charge in [0.1, 0.15) is 5.75 Å². The lowest BCUT2D eigenvalue weighted by Gasteiger charge is -2.10. The Labute approximate surface area is 182 Å². The second kappa shape index (κ2) is 10.2. The molecule has 0 fully saturated rings. The molecule has 1 atom stereocenters. The van der Waals surface area contributed by atoms with Crippen LogP contribution in [0.2, 0.25) is 0 Å². The van der Waals surface area contributed by atoms with Crippen molar-refractivity contribution in [2.45, 2.75) is 52.0 Å². The Morgan fingerprint density at radius 2 is 1.81 bits per heavy atom. The molecule has 31 heavy (non-hydrogen) atoms. The number of aryl methyl sites for hydroxylation is 1. The number of phenols is 1. The molecular weight excluding hydrogens is 390 g/mol. The number of unbranched alkanes of at least 4 members (excludes halogenated alkanes) is 1. The van der Waals surface area contributed by atoms with E-state index in [1.54, 1.807) is 43.3 Å². The molecule has 1 aromatic heterocycles. The van der Waals surface area contributed by atoms with Gasteiger partial charge in [0.15, 0.2) is 5.78 Å². The largest absolute Gasteiger partial charge is 0.508 e. The van der Waals surface area contributed by atoms with Crippen molar-refractivity contribution in [2.24, 2.45) is 5.73 Å². The van der Waals surface area contributed by atoms with Crippen molar-refractivity contribution in [3.8, 4) is 28.3 Å². The lowest BCUT2D eigenvalue weighted by molar-refractivity contribution is 0.0977. The summed E-state index contributed by atoms with van der Waals surface area (Å²) in [6.45, 7) is 3.92. The lowest BCUT2D eigenvalue weighted by Crippen LogP contribution is -2.20. The molecule has 3 rings (SSSR count). The molecule has 0 saturated heterocycles. The molecule has 0 aliphatic heterocycles. The van der Waals surface area contributed by atoms with E-state index in [1.807, 2.05) is 12.1 Å². The number of nitrogens with one attached hydrogen (secondary N) is 1. The molecule has 6 nitrogen and oxygen atoms in total. The highest BCUT2D eigenvalue weighted by atomic mass is 16.3. The van der Waals surface area contributed by atoms with E-state index in [1.165, 1.54) is 0 Å². The van der Waals surface area contributed by atoms with Crippen LogP contribution in [-0.4, -0.2) is 26.9 Å². The number of aromatic amines is 1. The van der Waals surface area contributed by atoms with Crippen molar-refractivity contribution in [3.63, 3.8) is 0 Å². The molecule has 1 heterocycles. The summed E-state index contributed by atoms with van der Waals surface area (Å²) >= 11 is 0. The number of phenolic OH excluding ortho intramolecular Hbond substituents is 1. The molecule has 4 N–H and O–H groups in total. The van der Waals surface area contributed by atoms with Crippen LogP contribution in [0.1, 0.15) is 54.9 Å². The van der Waals surface area contributed by atoms with Gasteiger partial charge in [0.05, 0.1) is 11.4 Å². The number of hydrogen-bond donors (Lipinski definition) is 3. The third-order valence-corrected chi connectivity index (χ3v) is 5.43. The average Bonchev–Trinajstić information content (AvgIpc) is 2.77. The standard InChI is InChI=1S/C25H29N3O3/c1-3-4-5-20(26)11-13-24(30)18-8-6-17(7-9-18)21-15-22(28-25(31)27-21)19-10-12-23(29)16(2)14-19/h6-10,12,14-15,20,29H,3-5,11,13,26H2,1-2H3,(H,27,28,31). The molecule has 3 aromatic rings. The minimum atomic E-state index is -0.459. The Morgan fingerprint density at radius 3 is 2.48 bits per heavy atom. The van der Waals surface area contributed by atoms with Crippen LogP contribution in [0.3, 0.4) is 0 Å². The number of nitrogens with two attached hydrogens (primary N) is 1. The van der Waals surface area contributed by atoms with Crippen molar-refractivity contribution in [3.05, 3.63) is 70.1 Å². The van der Waals surface area contributed by atoms with Crippen LogP contribution >= 0.6 is 0 Å². The van der Waals surface area contributed by atoms with Crippen molar-refractivity contribution in [1.29, 1.82) is 0 Å². The Bertz CT molecular complexity index is 1100. The zero-order valence-corrected chi connectivity index (χ0v) is 18.0. The monoisotopic (exact) mass is 419 g/mol. The smallest absolute Gasteiger partial charge is 0.345 e. The number of H-pyrrole nitrogens is 1. The van der Waals surface area contributed by atoms with Gasteiger partial charge in [0, 0.05) is 23.6 Å². The highest BCUT2D eigenvalue weighted by Gasteiger charge is 2.11. The number of benzene rings is 2. The maximum Gasteiger partial charge on any atom is 0.345 e. The van der Waals surface area contributed by atoms with Crippen LogP contribution in [0.5, 0.6) is 5.75 Å². The number of carbonyl (C=O) groups is 1. The van der Waals surface area contributed by atoms with Crippen LogP contribution in [0, 0.1) is 6.92 Å². The molecule has 0 aliphatic rings. The topological polar surface area (TPSA) is 109 Å². The summed E-state index contributed by atoms with van der Waals surface area (Å²) in [7, 11) is 0. The normalized spacial score (nSPS) is 12.0. The first kappa shape index (κ1) is 22.4. The fourth-order valence-corrected chi connectivity index (χ4v) is 3.48. The minimum absolute atomic E-state index is 0.0621. The van der Waals surface area contributed by atoms with E-state index in [0.717, 1.165) is 30.4 Å². The van der Waals surface area contributed by atoms with E-state index >= 15 is 0 Å². The second-order valence-corrected chi connectivity index (χ2v) is 7.93. The molecule has 162 valence electrons. The van der Waals surface area contributed by atoms with Crippen molar-refractivity contribution in [1.82, 2.24) is 9.97 Å². The van der Waals surface area contributed by atoms with Crippen LogP contribution in [0.4, 0.5) is 0 Å². The average molecular weight is 420 g/mol. The fraction of sp³-hybridized carbons (Fsp3) is 0.320. The number of Topliss-reactive ketones (excluding diaryl/α,β-unsaturated/α-hetero) is 1. The van der Waals surface area contributed by atoms with Crippen molar-refractivity contribution in [2.75, 3.05) is 0 Å². The number of hydrogen-bond acceptors (Lipinski definition) is 5. The predicted octanol–water partition coefficient (Wildman–Crippen LogP) is 4.60. The summed E-state index contributed by atoms with van der Waals surface area (Å²) in [5.41, 5.74) is 9.62. The number of carbonyl (C=O) groups excluding carboxylic acids is 1. The van der Waals surface area contributed by atoms with Gasteiger partial charge in [-0.2, -0.15) is 4.98 Å². The van der Waals surface area contributed by atoms with Gasteiger partial charge in [0.2, 0.25) is 0 Å². The summed E-state index contributed by atoms with van der Waals surface area (Å²) in [5, 5.41) is 9.73. The van der Waals surface area contributed by atoms with E-state index in [2.05, 4.69) is 16.9 Å².